The number of aromatic nitrogens is 4. The van der Waals surface area contributed by atoms with E-state index in [-0.39, 0.29) is 23.9 Å². The van der Waals surface area contributed by atoms with Crippen molar-refractivity contribution in [2.45, 2.75) is 45.4 Å². The quantitative estimate of drug-likeness (QED) is 0.702. The zero-order chi connectivity index (χ0) is 18.1. The van der Waals surface area contributed by atoms with E-state index in [0.29, 0.717) is 30.0 Å². The van der Waals surface area contributed by atoms with Crippen molar-refractivity contribution in [3.05, 3.63) is 57.5 Å². The van der Waals surface area contributed by atoms with E-state index in [1.54, 1.807) is 6.33 Å². The largest absolute Gasteiger partial charge is 0.376 e. The predicted molar refractivity (Wildman–Crippen MR) is 98.9 cm³/mol. The Bertz CT molecular complexity index is 1030. The smallest absolute Gasteiger partial charge is 0.337 e. The topological polar surface area (TPSA) is 71.1 Å². The molecule has 0 amide bonds. The maximum absolute atomic E-state index is 13.2. The number of rotatable bonds is 5. The molecule has 7 heteroatoms. The molecular weight excluding hydrogens is 332 g/mol. The first kappa shape index (κ1) is 16.8. The summed E-state index contributed by atoms with van der Waals surface area (Å²) in [5.41, 5.74) is 0.909. The van der Waals surface area contributed by atoms with Gasteiger partial charge < -0.3 is 9.30 Å². The molecular formula is C19H22N4O3. The Hall–Kier alpha value is -2.67. The minimum absolute atomic E-state index is 0.0929. The van der Waals surface area contributed by atoms with Crippen molar-refractivity contribution in [3.63, 3.8) is 0 Å². The van der Waals surface area contributed by atoms with Crippen molar-refractivity contribution < 1.29 is 4.74 Å². The Morgan fingerprint density at radius 2 is 2.04 bits per heavy atom. The van der Waals surface area contributed by atoms with Crippen LogP contribution >= 0.6 is 0 Å². The van der Waals surface area contributed by atoms with Gasteiger partial charge in [-0.25, -0.2) is 14.3 Å². The molecule has 0 N–H and O–H groups in total. The van der Waals surface area contributed by atoms with E-state index < -0.39 is 0 Å². The zero-order valence-corrected chi connectivity index (χ0v) is 14.8. The molecule has 1 aliphatic rings. The van der Waals surface area contributed by atoms with Crippen LogP contribution < -0.4 is 11.2 Å². The third kappa shape index (κ3) is 2.78. The molecule has 0 aliphatic carbocycles. The second-order valence-electron chi connectivity index (χ2n) is 6.61. The van der Waals surface area contributed by atoms with Gasteiger partial charge in [0.1, 0.15) is 0 Å². The fourth-order valence-electron chi connectivity index (χ4n) is 3.55. The minimum Gasteiger partial charge on any atom is -0.376 e. The lowest BCUT2D eigenvalue weighted by Crippen LogP contribution is -2.42. The lowest BCUT2D eigenvalue weighted by molar-refractivity contribution is 0.0950. The monoisotopic (exact) mass is 354 g/mol. The van der Waals surface area contributed by atoms with Gasteiger partial charge in [0.25, 0.3) is 5.56 Å². The molecule has 136 valence electrons. The van der Waals surface area contributed by atoms with Crippen LogP contribution in [0.4, 0.5) is 0 Å². The number of nitrogens with zero attached hydrogens (tertiary/aromatic N) is 4. The van der Waals surface area contributed by atoms with Crippen molar-refractivity contribution in [3.8, 4) is 5.69 Å². The molecule has 26 heavy (non-hydrogen) atoms. The summed E-state index contributed by atoms with van der Waals surface area (Å²) in [7, 11) is 0. The van der Waals surface area contributed by atoms with E-state index in [1.807, 2.05) is 41.8 Å². The number of hydrogen-bond acceptors (Lipinski definition) is 4. The summed E-state index contributed by atoms with van der Waals surface area (Å²) in [6, 6.07) is 9.32. The van der Waals surface area contributed by atoms with Gasteiger partial charge in [0.15, 0.2) is 11.2 Å². The van der Waals surface area contributed by atoms with E-state index in [0.717, 1.165) is 19.3 Å². The zero-order valence-electron chi connectivity index (χ0n) is 14.8. The first-order valence-electron chi connectivity index (χ1n) is 9.08. The highest BCUT2D eigenvalue weighted by molar-refractivity contribution is 5.72. The number of aryl methyl sites for hydroxylation is 1. The summed E-state index contributed by atoms with van der Waals surface area (Å²) < 4.78 is 10.3. The Balaban J connectivity index is 1.99. The molecule has 1 unspecified atom stereocenters. The summed E-state index contributed by atoms with van der Waals surface area (Å²) in [5, 5.41) is 0. The molecule has 1 aromatic carbocycles. The van der Waals surface area contributed by atoms with Crippen molar-refractivity contribution in [1.82, 2.24) is 18.7 Å². The molecule has 0 saturated carbocycles. The van der Waals surface area contributed by atoms with Gasteiger partial charge in [-0.3, -0.25) is 9.36 Å². The molecule has 1 saturated heterocycles. The molecule has 1 aliphatic heterocycles. The standard InChI is InChI=1S/C19H22N4O3/c1-2-10-21-13-20-17-16(21)18(24)22(12-15-9-6-11-26-15)19(25)23(17)14-7-4-3-5-8-14/h3-5,7-8,13,15H,2,6,9-12H2,1H3. The summed E-state index contributed by atoms with van der Waals surface area (Å²) >= 11 is 0. The van der Waals surface area contributed by atoms with Gasteiger partial charge in [-0.15, -0.1) is 0 Å². The van der Waals surface area contributed by atoms with Crippen LogP contribution in [0.15, 0.2) is 46.2 Å². The summed E-state index contributed by atoms with van der Waals surface area (Å²) in [5.74, 6) is 0. The fraction of sp³-hybridized carbons (Fsp3) is 0.421. The molecule has 4 rings (SSSR count). The third-order valence-corrected chi connectivity index (χ3v) is 4.79. The number of para-hydroxylation sites is 1. The first-order valence-corrected chi connectivity index (χ1v) is 9.08. The van der Waals surface area contributed by atoms with E-state index in [1.165, 1.54) is 9.13 Å². The average Bonchev–Trinajstić information content (AvgIpc) is 3.30. The van der Waals surface area contributed by atoms with Crippen LogP contribution in [-0.4, -0.2) is 31.4 Å². The van der Waals surface area contributed by atoms with Crippen LogP contribution in [0.3, 0.4) is 0 Å². The van der Waals surface area contributed by atoms with Crippen LogP contribution in [0, 0.1) is 0 Å². The van der Waals surface area contributed by atoms with Crippen LogP contribution in [0.25, 0.3) is 16.9 Å². The van der Waals surface area contributed by atoms with Gasteiger partial charge >= 0.3 is 5.69 Å². The summed E-state index contributed by atoms with van der Waals surface area (Å²) in [6.07, 6.45) is 4.25. The van der Waals surface area contributed by atoms with Gasteiger partial charge in [-0.1, -0.05) is 25.1 Å². The van der Waals surface area contributed by atoms with Crippen molar-refractivity contribution in [2.24, 2.45) is 0 Å². The number of benzene rings is 1. The van der Waals surface area contributed by atoms with E-state index in [2.05, 4.69) is 4.98 Å². The average molecular weight is 354 g/mol. The lowest BCUT2D eigenvalue weighted by Gasteiger charge is -2.15. The van der Waals surface area contributed by atoms with Crippen LogP contribution in [-0.2, 0) is 17.8 Å². The highest BCUT2D eigenvalue weighted by atomic mass is 16.5. The Morgan fingerprint density at radius 1 is 1.23 bits per heavy atom. The molecule has 0 radical (unpaired) electrons. The molecule has 3 aromatic rings. The third-order valence-electron chi connectivity index (χ3n) is 4.79. The fourth-order valence-corrected chi connectivity index (χ4v) is 3.55. The number of imidazole rings is 1. The van der Waals surface area contributed by atoms with Gasteiger partial charge in [0, 0.05) is 13.2 Å². The second-order valence-corrected chi connectivity index (χ2v) is 6.61. The van der Waals surface area contributed by atoms with E-state index in [9.17, 15) is 9.59 Å². The Kier molecular flexibility index (Phi) is 4.46. The minimum atomic E-state index is -0.369. The second kappa shape index (κ2) is 6.92. The maximum atomic E-state index is 13.2. The van der Waals surface area contributed by atoms with Gasteiger partial charge in [0.2, 0.25) is 0 Å². The number of fused-ring (bicyclic) bond motifs is 1. The van der Waals surface area contributed by atoms with Crippen molar-refractivity contribution in [2.75, 3.05) is 6.61 Å². The number of ether oxygens (including phenoxy) is 1. The highest BCUT2D eigenvalue weighted by Gasteiger charge is 2.23. The molecule has 1 fully saturated rings. The van der Waals surface area contributed by atoms with Crippen molar-refractivity contribution in [1.29, 1.82) is 0 Å². The molecule has 1 atom stereocenters. The molecule has 0 spiro atoms. The molecule has 2 aromatic heterocycles. The molecule has 3 heterocycles. The van der Waals surface area contributed by atoms with E-state index in [4.69, 9.17) is 4.74 Å². The molecule has 7 nitrogen and oxygen atoms in total. The summed E-state index contributed by atoms with van der Waals surface area (Å²) in [4.78, 5) is 30.7. The Labute approximate surface area is 150 Å². The van der Waals surface area contributed by atoms with Crippen molar-refractivity contribution >= 4 is 11.2 Å². The highest BCUT2D eigenvalue weighted by Crippen LogP contribution is 2.15. The summed E-state index contributed by atoms with van der Waals surface area (Å²) in [6.45, 7) is 3.68. The van der Waals surface area contributed by atoms with Crippen LogP contribution in [0.5, 0.6) is 0 Å². The Morgan fingerprint density at radius 3 is 2.73 bits per heavy atom. The van der Waals surface area contributed by atoms with Crippen LogP contribution in [0.1, 0.15) is 26.2 Å². The first-order chi connectivity index (χ1) is 12.7. The normalized spacial score (nSPS) is 17.2. The van der Waals surface area contributed by atoms with Crippen LogP contribution in [0.2, 0.25) is 0 Å². The SMILES string of the molecule is CCCn1cnc2c1c(=O)n(CC1CCCO1)c(=O)n2-c1ccccc1. The maximum Gasteiger partial charge on any atom is 0.337 e. The van der Waals surface area contributed by atoms with E-state index >= 15 is 0 Å². The lowest BCUT2D eigenvalue weighted by atomic mass is 10.2. The van der Waals surface area contributed by atoms with Gasteiger partial charge in [-0.2, -0.15) is 0 Å². The number of hydrogen-bond donors (Lipinski definition) is 0. The van der Waals surface area contributed by atoms with Gasteiger partial charge in [0.05, 0.1) is 24.7 Å². The molecule has 0 bridgehead atoms. The van der Waals surface area contributed by atoms with Gasteiger partial charge in [-0.05, 0) is 31.4 Å². The predicted octanol–water partition coefficient (Wildman–Crippen LogP) is 1.94.